The maximum Gasteiger partial charge on any atom is 0.272 e. The molecule has 4 rings (SSSR count). The van der Waals surface area contributed by atoms with Gasteiger partial charge in [-0.05, 0) is 147 Å². The van der Waals surface area contributed by atoms with Gasteiger partial charge in [0.1, 0.15) is 23.0 Å². The lowest BCUT2D eigenvalue weighted by Crippen LogP contribution is -2.56. The Bertz CT molecular complexity index is 1300. The topological polar surface area (TPSA) is 46.2 Å². The predicted molar refractivity (Wildman–Crippen MR) is 181 cm³/mol. The molecule has 0 aliphatic carbocycles. The van der Waals surface area contributed by atoms with Crippen molar-refractivity contribution in [2.24, 2.45) is 0 Å². The van der Waals surface area contributed by atoms with Crippen LogP contribution in [0, 0.1) is 27.7 Å². The first kappa shape index (κ1) is 32.4. The summed E-state index contributed by atoms with van der Waals surface area (Å²) in [6.07, 6.45) is 0. The minimum absolute atomic E-state index is 0.604. The SMILES string of the molecule is CCOc1cc(C)cc([Si](O[Si](c2cc(C)cc(OCC)c2)c2cc(C)cc(OCC)c2)c2cc(C)cc(OCC)c2)c1. The number of ether oxygens (including phenoxy) is 4. The summed E-state index contributed by atoms with van der Waals surface area (Å²) in [4.78, 5) is 0. The zero-order valence-corrected chi connectivity index (χ0v) is 28.8. The fourth-order valence-electron chi connectivity index (χ4n) is 5.19. The van der Waals surface area contributed by atoms with Crippen LogP contribution in [0.1, 0.15) is 49.9 Å². The number of aryl methyl sites for hydroxylation is 4. The van der Waals surface area contributed by atoms with Gasteiger partial charge in [0, 0.05) is 0 Å². The fourth-order valence-corrected chi connectivity index (χ4v) is 11.1. The average Bonchev–Trinajstić information content (AvgIpc) is 2.93. The lowest BCUT2D eigenvalue weighted by atomic mass is 10.2. The Morgan fingerprint density at radius 3 is 0.814 bits per heavy atom. The van der Waals surface area contributed by atoms with Gasteiger partial charge in [-0.2, -0.15) is 0 Å². The van der Waals surface area contributed by atoms with E-state index in [1.54, 1.807) is 0 Å². The van der Waals surface area contributed by atoms with Crippen molar-refractivity contribution >= 4 is 38.8 Å². The molecular formula is C36H44O5Si2. The average molecular weight is 613 g/mol. The second-order valence-electron chi connectivity index (χ2n) is 10.6. The highest BCUT2D eigenvalue weighted by molar-refractivity contribution is 6.92. The summed E-state index contributed by atoms with van der Waals surface area (Å²) in [5, 5.41) is 4.55. The smallest absolute Gasteiger partial charge is 0.272 e. The molecule has 4 aromatic carbocycles. The van der Waals surface area contributed by atoms with Crippen molar-refractivity contribution < 1.29 is 23.1 Å². The van der Waals surface area contributed by atoms with Gasteiger partial charge in [0.05, 0.1) is 26.4 Å². The summed E-state index contributed by atoms with van der Waals surface area (Å²) in [6, 6.07) is 25.9. The van der Waals surface area contributed by atoms with Crippen molar-refractivity contribution in [1.29, 1.82) is 0 Å². The van der Waals surface area contributed by atoms with Crippen molar-refractivity contribution in [2.75, 3.05) is 26.4 Å². The first-order valence-electron chi connectivity index (χ1n) is 15.1. The highest BCUT2D eigenvalue weighted by Gasteiger charge is 2.31. The molecule has 0 aliphatic heterocycles. The Labute approximate surface area is 261 Å². The van der Waals surface area contributed by atoms with Crippen molar-refractivity contribution in [3.8, 4) is 23.0 Å². The maximum atomic E-state index is 7.53. The molecule has 43 heavy (non-hydrogen) atoms. The summed E-state index contributed by atoms with van der Waals surface area (Å²) >= 11 is 0. The number of hydrogen-bond donors (Lipinski definition) is 0. The van der Waals surface area contributed by atoms with Crippen molar-refractivity contribution in [3.05, 3.63) is 95.1 Å². The van der Waals surface area contributed by atoms with Gasteiger partial charge in [0.2, 0.25) is 0 Å². The summed E-state index contributed by atoms with van der Waals surface area (Å²) in [5.41, 5.74) is 4.56. The molecule has 0 N–H and O–H groups in total. The molecule has 0 spiro atoms. The summed E-state index contributed by atoms with van der Waals surface area (Å²) in [7, 11) is -3.58. The molecule has 7 heteroatoms. The van der Waals surface area contributed by atoms with Gasteiger partial charge in [-0.15, -0.1) is 0 Å². The number of rotatable bonds is 14. The molecule has 0 saturated carbocycles. The Kier molecular flexibility index (Phi) is 11.5. The monoisotopic (exact) mass is 612 g/mol. The van der Waals surface area contributed by atoms with Crippen LogP contribution in [0.15, 0.2) is 72.8 Å². The molecule has 0 heterocycles. The Morgan fingerprint density at radius 1 is 0.372 bits per heavy atom. The zero-order valence-electron chi connectivity index (χ0n) is 26.8. The van der Waals surface area contributed by atoms with Crippen molar-refractivity contribution in [3.63, 3.8) is 0 Å². The third-order valence-corrected chi connectivity index (χ3v) is 11.6. The van der Waals surface area contributed by atoms with Gasteiger partial charge in [0.15, 0.2) is 0 Å². The molecule has 0 aromatic heterocycles. The lowest BCUT2D eigenvalue weighted by molar-refractivity contribution is 0.340. The quantitative estimate of drug-likeness (QED) is 0.178. The van der Waals surface area contributed by atoms with E-state index in [9.17, 15) is 0 Å². The van der Waals surface area contributed by atoms with Crippen LogP contribution < -0.4 is 39.7 Å². The van der Waals surface area contributed by atoms with Gasteiger partial charge < -0.3 is 23.1 Å². The summed E-state index contributed by atoms with van der Waals surface area (Å²) in [5.74, 6) is 3.44. The molecule has 0 atom stereocenters. The van der Waals surface area contributed by atoms with Crippen LogP contribution in [0.3, 0.4) is 0 Å². The van der Waals surface area contributed by atoms with E-state index >= 15 is 0 Å². The third-order valence-electron chi connectivity index (χ3n) is 6.70. The fraction of sp³-hybridized carbons (Fsp3) is 0.333. The van der Waals surface area contributed by atoms with Gasteiger partial charge >= 0.3 is 0 Å². The molecule has 0 amide bonds. The van der Waals surface area contributed by atoms with Crippen molar-refractivity contribution in [1.82, 2.24) is 0 Å². The highest BCUT2D eigenvalue weighted by Crippen LogP contribution is 2.19. The van der Waals surface area contributed by atoms with E-state index in [0.29, 0.717) is 26.4 Å². The molecule has 0 unspecified atom stereocenters. The number of hydrogen-bond acceptors (Lipinski definition) is 5. The van der Waals surface area contributed by atoms with E-state index in [2.05, 4.69) is 100 Å². The van der Waals surface area contributed by atoms with E-state index in [1.165, 1.54) is 0 Å². The molecule has 4 aromatic rings. The van der Waals surface area contributed by atoms with E-state index in [1.807, 2.05) is 27.7 Å². The number of benzene rings is 4. The molecule has 5 nitrogen and oxygen atoms in total. The molecular weight excluding hydrogens is 569 g/mol. The molecule has 0 aliphatic rings. The first-order valence-corrected chi connectivity index (χ1v) is 18.0. The van der Waals surface area contributed by atoms with Crippen LogP contribution in [0.5, 0.6) is 23.0 Å². The van der Waals surface area contributed by atoms with E-state index < -0.39 is 18.1 Å². The zero-order chi connectivity index (χ0) is 30.9. The van der Waals surface area contributed by atoms with Crippen LogP contribution in [0.4, 0.5) is 0 Å². The highest BCUT2D eigenvalue weighted by atomic mass is 28.4. The Balaban J connectivity index is 1.95. The molecule has 0 fully saturated rings. The molecule has 226 valence electrons. The second kappa shape index (κ2) is 15.3. The van der Waals surface area contributed by atoms with Crippen LogP contribution in [0.2, 0.25) is 0 Å². The molecule has 0 bridgehead atoms. The Hall–Kier alpha value is -3.53. The normalized spacial score (nSPS) is 11.2. The second-order valence-corrected chi connectivity index (χ2v) is 15.1. The van der Waals surface area contributed by atoms with Gasteiger partial charge in [-0.25, -0.2) is 0 Å². The summed E-state index contributed by atoms with van der Waals surface area (Å²) in [6.45, 7) is 18.9. The van der Waals surface area contributed by atoms with E-state index in [-0.39, 0.29) is 0 Å². The molecule has 2 radical (unpaired) electrons. The largest absolute Gasteiger partial charge is 0.494 e. The van der Waals surface area contributed by atoms with Crippen molar-refractivity contribution in [2.45, 2.75) is 55.4 Å². The van der Waals surface area contributed by atoms with Gasteiger partial charge in [0.25, 0.3) is 18.1 Å². The minimum Gasteiger partial charge on any atom is -0.494 e. The first-order chi connectivity index (χ1) is 20.7. The van der Waals surface area contributed by atoms with Gasteiger partial charge in [-0.1, -0.05) is 24.3 Å². The standard InChI is InChI=1S/C36H44O5Si2/c1-9-37-29-13-25(5)17-33(21-29)42(34-18-26(6)14-30(22-34)38-10-2)41-43(35-19-27(7)15-31(23-35)39-11-3)36-20-28(8)16-32(24-36)40-12-4/h13-24H,9-12H2,1-8H3. The third kappa shape index (κ3) is 8.75. The van der Waals surface area contributed by atoms with E-state index in [0.717, 1.165) is 66.0 Å². The van der Waals surface area contributed by atoms with Crippen LogP contribution in [-0.2, 0) is 4.12 Å². The summed E-state index contributed by atoms with van der Waals surface area (Å²) < 4.78 is 31.5. The maximum absolute atomic E-state index is 7.53. The van der Waals surface area contributed by atoms with Gasteiger partial charge in [-0.3, -0.25) is 0 Å². The predicted octanol–water partition coefficient (Wildman–Crippen LogP) is 5.44. The Morgan fingerprint density at radius 2 is 0.605 bits per heavy atom. The minimum atomic E-state index is -1.79. The van der Waals surface area contributed by atoms with Crippen LogP contribution >= 0.6 is 0 Å². The van der Waals surface area contributed by atoms with Crippen LogP contribution in [0.25, 0.3) is 0 Å². The van der Waals surface area contributed by atoms with Crippen LogP contribution in [-0.4, -0.2) is 44.5 Å². The van der Waals surface area contributed by atoms with E-state index in [4.69, 9.17) is 23.1 Å². The lowest BCUT2D eigenvalue weighted by Gasteiger charge is -2.26. The molecule has 0 saturated heterocycles.